The SMILES string of the molecule is CC1=C(C(=O)Nc2ccccc2C)C(c2ccc(OCc3ccccc3C)cc2)n2nc(SCc3ccccc3F)nc2N1. The highest BCUT2D eigenvalue weighted by molar-refractivity contribution is 7.98. The Balaban J connectivity index is 1.31. The number of aryl methyl sites for hydroxylation is 2. The van der Waals surface area contributed by atoms with E-state index in [9.17, 15) is 9.18 Å². The monoisotopic (exact) mass is 605 g/mol. The lowest BCUT2D eigenvalue weighted by molar-refractivity contribution is -0.113. The lowest BCUT2D eigenvalue weighted by Gasteiger charge is -2.29. The molecule has 2 heterocycles. The number of hydrogen-bond donors (Lipinski definition) is 2. The van der Waals surface area contributed by atoms with Gasteiger partial charge in [0.1, 0.15) is 24.2 Å². The van der Waals surface area contributed by atoms with Crippen LogP contribution in [0.1, 0.15) is 40.8 Å². The number of para-hydroxylation sites is 1. The Morgan fingerprint density at radius 1 is 0.909 bits per heavy atom. The van der Waals surface area contributed by atoms with Crippen LogP contribution in [0.4, 0.5) is 16.0 Å². The zero-order valence-corrected chi connectivity index (χ0v) is 25.5. The normalized spacial score (nSPS) is 14.1. The topological polar surface area (TPSA) is 81.1 Å². The van der Waals surface area contributed by atoms with Gasteiger partial charge in [0.05, 0.1) is 5.57 Å². The second kappa shape index (κ2) is 12.8. The molecular formula is C35H32FN5O2S. The molecule has 0 saturated heterocycles. The highest BCUT2D eigenvalue weighted by atomic mass is 32.2. The minimum Gasteiger partial charge on any atom is -0.489 e. The number of rotatable bonds is 9. The van der Waals surface area contributed by atoms with Gasteiger partial charge in [0.15, 0.2) is 0 Å². The third kappa shape index (κ3) is 6.23. The predicted molar refractivity (Wildman–Crippen MR) is 172 cm³/mol. The molecule has 9 heteroatoms. The minimum absolute atomic E-state index is 0.240. The lowest BCUT2D eigenvalue weighted by atomic mass is 9.95. The number of ether oxygens (including phenoxy) is 1. The number of hydrogen-bond acceptors (Lipinski definition) is 6. The third-order valence-electron chi connectivity index (χ3n) is 7.64. The highest BCUT2D eigenvalue weighted by Crippen LogP contribution is 2.38. The molecule has 0 spiro atoms. The Morgan fingerprint density at radius 2 is 1.59 bits per heavy atom. The van der Waals surface area contributed by atoms with E-state index in [4.69, 9.17) is 14.8 Å². The molecule has 1 amide bonds. The van der Waals surface area contributed by atoms with Crippen LogP contribution in [-0.4, -0.2) is 20.7 Å². The summed E-state index contributed by atoms with van der Waals surface area (Å²) in [6.07, 6.45) is 0. The minimum atomic E-state index is -0.559. The summed E-state index contributed by atoms with van der Waals surface area (Å²) < 4.78 is 22.1. The van der Waals surface area contributed by atoms with Crippen molar-refractivity contribution in [1.29, 1.82) is 0 Å². The van der Waals surface area contributed by atoms with Gasteiger partial charge < -0.3 is 15.4 Å². The first kappa shape index (κ1) is 29.2. The molecule has 5 aromatic rings. The number of anilines is 2. The Morgan fingerprint density at radius 3 is 2.32 bits per heavy atom. The van der Waals surface area contributed by atoms with Crippen molar-refractivity contribution in [3.05, 3.63) is 142 Å². The van der Waals surface area contributed by atoms with Crippen molar-refractivity contribution in [2.24, 2.45) is 0 Å². The zero-order valence-electron chi connectivity index (χ0n) is 24.7. The summed E-state index contributed by atoms with van der Waals surface area (Å²) in [6.45, 7) is 6.34. The summed E-state index contributed by atoms with van der Waals surface area (Å²) in [5.74, 6) is 1.10. The third-order valence-corrected chi connectivity index (χ3v) is 8.52. The van der Waals surface area contributed by atoms with Crippen LogP contribution >= 0.6 is 11.8 Å². The lowest BCUT2D eigenvalue weighted by Crippen LogP contribution is -2.31. The average molecular weight is 606 g/mol. The van der Waals surface area contributed by atoms with E-state index >= 15 is 0 Å². The Kier molecular flexibility index (Phi) is 8.47. The van der Waals surface area contributed by atoms with Crippen LogP contribution in [0.2, 0.25) is 0 Å². The quantitative estimate of drug-likeness (QED) is 0.167. The van der Waals surface area contributed by atoms with E-state index in [1.54, 1.807) is 16.8 Å². The van der Waals surface area contributed by atoms with Gasteiger partial charge in [-0.3, -0.25) is 4.79 Å². The van der Waals surface area contributed by atoms with Crippen LogP contribution in [0.5, 0.6) is 5.75 Å². The summed E-state index contributed by atoms with van der Waals surface area (Å²) in [5, 5.41) is 11.6. The van der Waals surface area contributed by atoms with E-state index < -0.39 is 6.04 Å². The number of nitrogens with one attached hydrogen (secondary N) is 2. The molecule has 7 nitrogen and oxygen atoms in total. The number of amides is 1. The van der Waals surface area contributed by atoms with Crippen LogP contribution in [-0.2, 0) is 17.2 Å². The molecule has 0 aliphatic carbocycles. The second-order valence-corrected chi connectivity index (χ2v) is 11.6. The van der Waals surface area contributed by atoms with E-state index in [-0.39, 0.29) is 11.7 Å². The first-order valence-corrected chi connectivity index (χ1v) is 15.3. The predicted octanol–water partition coefficient (Wildman–Crippen LogP) is 7.83. The van der Waals surface area contributed by atoms with Gasteiger partial charge in [-0.05, 0) is 72.9 Å². The van der Waals surface area contributed by atoms with E-state index in [0.717, 1.165) is 28.1 Å². The molecule has 222 valence electrons. The van der Waals surface area contributed by atoms with Crippen molar-refractivity contribution < 1.29 is 13.9 Å². The summed E-state index contributed by atoms with van der Waals surface area (Å²) in [7, 11) is 0. The summed E-state index contributed by atoms with van der Waals surface area (Å²) in [5.41, 5.74) is 6.60. The molecule has 0 saturated carbocycles. The molecule has 4 aromatic carbocycles. The molecular weight excluding hydrogens is 573 g/mol. The Bertz CT molecular complexity index is 1850. The number of aromatic nitrogens is 3. The average Bonchev–Trinajstić information content (AvgIpc) is 3.43. The van der Waals surface area contributed by atoms with Gasteiger partial charge in [-0.25, -0.2) is 9.07 Å². The number of halogens is 1. The molecule has 1 aliphatic rings. The van der Waals surface area contributed by atoms with Crippen LogP contribution in [0, 0.1) is 19.7 Å². The van der Waals surface area contributed by atoms with E-state index in [0.29, 0.717) is 40.3 Å². The zero-order chi connectivity index (χ0) is 30.6. The van der Waals surface area contributed by atoms with Gasteiger partial charge in [0, 0.05) is 17.1 Å². The number of allylic oxidation sites excluding steroid dienone is 1. The van der Waals surface area contributed by atoms with Gasteiger partial charge in [-0.15, -0.1) is 5.10 Å². The van der Waals surface area contributed by atoms with E-state index in [1.807, 2.05) is 80.6 Å². The molecule has 1 aromatic heterocycles. The highest BCUT2D eigenvalue weighted by Gasteiger charge is 2.34. The second-order valence-electron chi connectivity index (χ2n) is 10.7. The number of nitrogens with zero attached hydrogens (tertiary/aromatic N) is 3. The fourth-order valence-corrected chi connectivity index (χ4v) is 5.95. The van der Waals surface area contributed by atoms with Crippen LogP contribution in [0.15, 0.2) is 113 Å². The molecule has 0 bridgehead atoms. The van der Waals surface area contributed by atoms with Crippen LogP contribution in [0.25, 0.3) is 0 Å². The molecule has 2 N–H and O–H groups in total. The number of carbonyl (C=O) groups excluding carboxylic acids is 1. The molecule has 0 fully saturated rings. The van der Waals surface area contributed by atoms with E-state index in [2.05, 4.69) is 29.7 Å². The standard InChI is InChI=1S/C35H32FN5O2S/c1-22-10-4-6-12-26(22)20-43-28-18-16-25(17-19-28)32-31(33(42)38-30-15-9-5-11-23(30)2)24(3)37-34-39-35(40-41(32)34)44-21-27-13-7-8-14-29(27)36/h4-19,32H,20-21H2,1-3H3,(H,38,42)(H,37,39,40). The maximum Gasteiger partial charge on any atom is 0.255 e. The first-order valence-electron chi connectivity index (χ1n) is 14.3. The maximum atomic E-state index is 14.3. The van der Waals surface area contributed by atoms with Gasteiger partial charge in [0.2, 0.25) is 11.1 Å². The van der Waals surface area contributed by atoms with Gasteiger partial charge in [-0.1, -0.05) is 84.6 Å². The van der Waals surface area contributed by atoms with Crippen LogP contribution in [0.3, 0.4) is 0 Å². The molecule has 1 unspecified atom stereocenters. The van der Waals surface area contributed by atoms with Crippen molar-refractivity contribution in [2.45, 2.75) is 44.3 Å². The summed E-state index contributed by atoms with van der Waals surface area (Å²) in [4.78, 5) is 18.6. The number of fused-ring (bicyclic) bond motifs is 1. The smallest absolute Gasteiger partial charge is 0.255 e. The maximum absolute atomic E-state index is 14.3. The van der Waals surface area contributed by atoms with E-state index in [1.165, 1.54) is 23.4 Å². The molecule has 0 radical (unpaired) electrons. The van der Waals surface area contributed by atoms with Crippen molar-refractivity contribution in [3.63, 3.8) is 0 Å². The van der Waals surface area contributed by atoms with Gasteiger partial charge in [-0.2, -0.15) is 4.98 Å². The summed E-state index contributed by atoms with van der Waals surface area (Å²) in [6, 6.07) is 29.6. The van der Waals surface area contributed by atoms with Crippen molar-refractivity contribution >= 4 is 29.3 Å². The molecule has 44 heavy (non-hydrogen) atoms. The Labute approximate surface area is 260 Å². The number of carbonyl (C=O) groups is 1. The molecule has 1 aliphatic heterocycles. The van der Waals surface area contributed by atoms with Gasteiger partial charge >= 0.3 is 0 Å². The molecule has 1 atom stereocenters. The van der Waals surface area contributed by atoms with Crippen LogP contribution < -0.4 is 15.4 Å². The fourth-order valence-electron chi connectivity index (χ4n) is 5.13. The first-order chi connectivity index (χ1) is 21.4. The molecule has 6 rings (SSSR count). The van der Waals surface area contributed by atoms with Crippen molar-refractivity contribution in [1.82, 2.24) is 14.8 Å². The largest absolute Gasteiger partial charge is 0.489 e. The van der Waals surface area contributed by atoms with Crippen molar-refractivity contribution in [3.8, 4) is 5.75 Å². The Hall–Kier alpha value is -4.89. The number of thioether (sulfide) groups is 1. The van der Waals surface area contributed by atoms with Crippen molar-refractivity contribution in [2.75, 3.05) is 10.6 Å². The fraction of sp³-hybridized carbons (Fsp3) is 0.171. The number of benzene rings is 4. The van der Waals surface area contributed by atoms with Gasteiger partial charge in [0.25, 0.3) is 5.91 Å². The summed E-state index contributed by atoms with van der Waals surface area (Å²) >= 11 is 1.34.